The van der Waals surface area contributed by atoms with Gasteiger partial charge in [-0.05, 0) is 6.07 Å². The lowest BCUT2D eigenvalue weighted by Crippen LogP contribution is -1.98. The maximum Gasteiger partial charge on any atom is 0.241 e. The lowest BCUT2D eigenvalue weighted by Gasteiger charge is -2.04. The van der Waals surface area contributed by atoms with Crippen molar-refractivity contribution in [1.29, 1.82) is 0 Å². The zero-order valence-electron chi connectivity index (χ0n) is 8.51. The molecular formula is C9H11N5O. The minimum absolute atomic E-state index is 0.356. The van der Waals surface area contributed by atoms with Gasteiger partial charge >= 0.3 is 0 Å². The predicted molar refractivity (Wildman–Crippen MR) is 55.2 cm³/mol. The van der Waals surface area contributed by atoms with Crippen LogP contribution in [0, 0.1) is 0 Å². The van der Waals surface area contributed by atoms with Crippen LogP contribution >= 0.6 is 0 Å². The molecule has 0 fully saturated rings. The van der Waals surface area contributed by atoms with Gasteiger partial charge in [-0.3, -0.25) is 4.68 Å². The highest BCUT2D eigenvalue weighted by molar-refractivity contribution is 5.69. The van der Waals surface area contributed by atoms with Crippen molar-refractivity contribution in [2.75, 3.05) is 12.8 Å². The van der Waals surface area contributed by atoms with Gasteiger partial charge in [0.05, 0.1) is 18.9 Å². The topological polar surface area (TPSA) is 78.8 Å². The minimum Gasteiger partial charge on any atom is -0.479 e. The molecule has 0 saturated carbocycles. The van der Waals surface area contributed by atoms with E-state index in [1.54, 1.807) is 24.1 Å². The van der Waals surface area contributed by atoms with Crippen molar-refractivity contribution in [3.63, 3.8) is 0 Å². The van der Waals surface area contributed by atoms with Gasteiger partial charge in [-0.15, -0.1) is 10.2 Å². The summed E-state index contributed by atoms with van der Waals surface area (Å²) in [4.78, 5) is 0. The number of nitrogens with two attached hydrogens (primary N) is 1. The number of anilines is 1. The molecule has 2 aromatic heterocycles. The highest BCUT2D eigenvalue weighted by Crippen LogP contribution is 2.27. The average molecular weight is 205 g/mol. The Morgan fingerprint density at radius 1 is 1.40 bits per heavy atom. The number of nitrogens with zero attached hydrogens (tertiary/aromatic N) is 4. The van der Waals surface area contributed by atoms with E-state index in [1.165, 1.54) is 0 Å². The summed E-state index contributed by atoms with van der Waals surface area (Å²) >= 11 is 0. The number of methoxy groups -OCH3 is 1. The number of aromatic nitrogens is 4. The van der Waals surface area contributed by atoms with Gasteiger partial charge in [-0.2, -0.15) is 5.10 Å². The Bertz CT molecular complexity index is 479. The first-order valence-electron chi connectivity index (χ1n) is 4.37. The van der Waals surface area contributed by atoms with E-state index in [4.69, 9.17) is 10.5 Å². The monoisotopic (exact) mass is 205 g/mol. The first-order chi connectivity index (χ1) is 7.20. The molecule has 78 valence electrons. The van der Waals surface area contributed by atoms with Crippen molar-refractivity contribution in [2.24, 2.45) is 7.05 Å². The Morgan fingerprint density at radius 2 is 2.20 bits per heavy atom. The zero-order valence-corrected chi connectivity index (χ0v) is 8.51. The fourth-order valence-electron chi connectivity index (χ4n) is 1.31. The largest absolute Gasteiger partial charge is 0.479 e. The van der Waals surface area contributed by atoms with Gasteiger partial charge in [0, 0.05) is 18.8 Å². The summed E-state index contributed by atoms with van der Waals surface area (Å²) < 4.78 is 6.80. The van der Waals surface area contributed by atoms with Crippen molar-refractivity contribution < 1.29 is 4.74 Å². The smallest absolute Gasteiger partial charge is 0.241 e. The lowest BCUT2D eigenvalue weighted by atomic mass is 10.1. The molecular weight excluding hydrogens is 194 g/mol. The molecule has 0 saturated heterocycles. The number of ether oxygens (including phenoxy) is 1. The third-order valence-corrected chi connectivity index (χ3v) is 1.99. The van der Waals surface area contributed by atoms with Gasteiger partial charge < -0.3 is 10.5 Å². The standard InChI is InChI=1S/C9H11N5O/c1-14-5-6(4-11-14)7-3-8(10)12-13-9(7)15-2/h3-5H,1-2H3,(H2,10,12). The van der Waals surface area contributed by atoms with E-state index in [0.29, 0.717) is 11.7 Å². The number of rotatable bonds is 2. The second-order valence-corrected chi connectivity index (χ2v) is 3.09. The average Bonchev–Trinajstić information content (AvgIpc) is 2.65. The molecule has 0 atom stereocenters. The molecule has 15 heavy (non-hydrogen) atoms. The zero-order chi connectivity index (χ0) is 10.8. The Hall–Kier alpha value is -2.11. The maximum atomic E-state index is 5.57. The third kappa shape index (κ3) is 1.74. The molecule has 0 aliphatic carbocycles. The molecule has 0 radical (unpaired) electrons. The van der Waals surface area contributed by atoms with Crippen LogP contribution in [0.5, 0.6) is 5.88 Å². The summed E-state index contributed by atoms with van der Waals surface area (Å²) in [5, 5.41) is 11.6. The van der Waals surface area contributed by atoms with Crippen LogP contribution in [-0.2, 0) is 7.05 Å². The van der Waals surface area contributed by atoms with Crippen LogP contribution in [0.1, 0.15) is 0 Å². The van der Waals surface area contributed by atoms with Gasteiger partial charge in [-0.25, -0.2) is 0 Å². The van der Waals surface area contributed by atoms with E-state index >= 15 is 0 Å². The Morgan fingerprint density at radius 3 is 2.80 bits per heavy atom. The maximum absolute atomic E-state index is 5.57. The van der Waals surface area contributed by atoms with Crippen LogP contribution in [0.4, 0.5) is 5.82 Å². The SMILES string of the molecule is COc1nnc(N)cc1-c1cnn(C)c1. The molecule has 2 heterocycles. The first kappa shape index (κ1) is 9.45. The fourth-order valence-corrected chi connectivity index (χ4v) is 1.31. The molecule has 6 nitrogen and oxygen atoms in total. The number of hydrogen-bond acceptors (Lipinski definition) is 5. The quantitative estimate of drug-likeness (QED) is 0.770. The lowest BCUT2D eigenvalue weighted by molar-refractivity contribution is 0.394. The molecule has 2 aromatic rings. The van der Waals surface area contributed by atoms with Crippen LogP contribution in [0.3, 0.4) is 0 Å². The number of aryl methyl sites for hydroxylation is 1. The van der Waals surface area contributed by atoms with Crippen molar-refractivity contribution in [2.45, 2.75) is 0 Å². The van der Waals surface area contributed by atoms with E-state index in [0.717, 1.165) is 11.1 Å². The highest BCUT2D eigenvalue weighted by atomic mass is 16.5. The van der Waals surface area contributed by atoms with E-state index in [2.05, 4.69) is 15.3 Å². The van der Waals surface area contributed by atoms with Gasteiger partial charge in [0.25, 0.3) is 0 Å². The molecule has 0 spiro atoms. The molecule has 2 rings (SSSR count). The molecule has 0 unspecified atom stereocenters. The normalized spacial score (nSPS) is 10.3. The van der Waals surface area contributed by atoms with E-state index in [9.17, 15) is 0 Å². The van der Waals surface area contributed by atoms with E-state index in [-0.39, 0.29) is 0 Å². The Balaban J connectivity index is 2.55. The van der Waals surface area contributed by atoms with Gasteiger partial charge in [0.15, 0.2) is 0 Å². The molecule has 0 aromatic carbocycles. The van der Waals surface area contributed by atoms with Crippen molar-refractivity contribution in [3.8, 4) is 17.0 Å². The Labute approximate surface area is 86.7 Å². The predicted octanol–water partition coefficient (Wildman–Crippen LogP) is 0.468. The van der Waals surface area contributed by atoms with Crippen LogP contribution < -0.4 is 10.5 Å². The second-order valence-electron chi connectivity index (χ2n) is 3.09. The van der Waals surface area contributed by atoms with Gasteiger partial charge in [-0.1, -0.05) is 0 Å². The van der Waals surface area contributed by atoms with Gasteiger partial charge in [0.1, 0.15) is 5.82 Å². The number of nitrogen functional groups attached to an aromatic ring is 1. The number of hydrogen-bond donors (Lipinski definition) is 1. The summed E-state index contributed by atoms with van der Waals surface area (Å²) in [5.41, 5.74) is 7.26. The molecule has 0 aliphatic rings. The Kier molecular flexibility index (Phi) is 2.24. The summed E-state index contributed by atoms with van der Waals surface area (Å²) in [6.07, 6.45) is 3.58. The first-order valence-corrected chi connectivity index (χ1v) is 4.37. The van der Waals surface area contributed by atoms with Crippen molar-refractivity contribution in [3.05, 3.63) is 18.5 Å². The molecule has 0 bridgehead atoms. The molecule has 0 aliphatic heterocycles. The summed E-state index contributed by atoms with van der Waals surface area (Å²) in [6.45, 7) is 0. The van der Waals surface area contributed by atoms with E-state index < -0.39 is 0 Å². The molecule has 0 amide bonds. The fraction of sp³-hybridized carbons (Fsp3) is 0.222. The highest BCUT2D eigenvalue weighted by Gasteiger charge is 2.10. The minimum atomic E-state index is 0.356. The van der Waals surface area contributed by atoms with E-state index in [1.807, 2.05) is 13.2 Å². The van der Waals surface area contributed by atoms with Crippen LogP contribution in [0.2, 0.25) is 0 Å². The molecule has 6 heteroatoms. The third-order valence-electron chi connectivity index (χ3n) is 1.99. The van der Waals surface area contributed by atoms with Crippen LogP contribution in [0.15, 0.2) is 18.5 Å². The second kappa shape index (κ2) is 3.56. The van der Waals surface area contributed by atoms with Crippen molar-refractivity contribution in [1.82, 2.24) is 20.0 Å². The molecule has 2 N–H and O–H groups in total. The van der Waals surface area contributed by atoms with Crippen LogP contribution in [-0.4, -0.2) is 27.1 Å². The summed E-state index contributed by atoms with van der Waals surface area (Å²) in [6, 6.07) is 1.71. The summed E-state index contributed by atoms with van der Waals surface area (Å²) in [7, 11) is 3.38. The van der Waals surface area contributed by atoms with Crippen LogP contribution in [0.25, 0.3) is 11.1 Å². The van der Waals surface area contributed by atoms with Crippen molar-refractivity contribution >= 4 is 5.82 Å². The summed E-state index contributed by atoms with van der Waals surface area (Å²) in [5.74, 6) is 0.798. The van der Waals surface area contributed by atoms with Gasteiger partial charge in [0.2, 0.25) is 5.88 Å².